The van der Waals surface area contributed by atoms with Gasteiger partial charge in [-0.05, 0) is 31.4 Å². The van der Waals surface area contributed by atoms with Crippen molar-refractivity contribution >= 4 is 5.91 Å². The second-order valence-electron chi connectivity index (χ2n) is 5.80. The Balaban J connectivity index is 1.54. The molecule has 2 aromatic rings. The lowest BCUT2D eigenvalue weighted by Gasteiger charge is -2.28. The van der Waals surface area contributed by atoms with Crippen LogP contribution in [0.25, 0.3) is 0 Å². The summed E-state index contributed by atoms with van der Waals surface area (Å²) in [6.07, 6.45) is 0.999. The first-order chi connectivity index (χ1) is 10.6. The van der Waals surface area contributed by atoms with Crippen molar-refractivity contribution in [1.82, 2.24) is 25.4 Å². The van der Waals surface area contributed by atoms with Gasteiger partial charge in [0.05, 0.1) is 12.6 Å². The molecule has 0 aliphatic carbocycles. The molecule has 0 unspecified atom stereocenters. The Kier molecular flexibility index (Phi) is 4.20. The summed E-state index contributed by atoms with van der Waals surface area (Å²) >= 11 is 0. The highest BCUT2D eigenvalue weighted by Gasteiger charge is 2.20. The zero-order valence-electron chi connectivity index (χ0n) is 13.0. The monoisotopic (exact) mass is 299 g/mol. The minimum atomic E-state index is -0.186. The van der Waals surface area contributed by atoms with E-state index in [1.807, 2.05) is 13.8 Å². The van der Waals surface area contributed by atoms with Crippen molar-refractivity contribution in [2.24, 2.45) is 0 Å². The number of hydrogen-bond donors (Lipinski definition) is 2. The zero-order valence-corrected chi connectivity index (χ0v) is 13.0. The molecule has 0 saturated carbocycles. The lowest BCUT2D eigenvalue weighted by atomic mass is 10.00. The SMILES string of the molecule is Cc1nc([C@@H](C)NC(=O)CN2CCc3ccccc3C2)n[nH]1. The number of aryl methyl sites for hydroxylation is 1. The number of aromatic nitrogens is 3. The Morgan fingerprint density at radius 1 is 1.41 bits per heavy atom. The van der Waals surface area contributed by atoms with E-state index < -0.39 is 0 Å². The molecule has 1 aliphatic heterocycles. The number of fused-ring (bicyclic) bond motifs is 1. The summed E-state index contributed by atoms with van der Waals surface area (Å²) in [7, 11) is 0. The van der Waals surface area contributed by atoms with E-state index in [4.69, 9.17) is 0 Å². The summed E-state index contributed by atoms with van der Waals surface area (Å²) in [5, 5.41) is 9.83. The number of nitrogens with one attached hydrogen (secondary N) is 2. The summed E-state index contributed by atoms with van der Waals surface area (Å²) in [6.45, 7) is 5.89. The molecule has 0 saturated heterocycles. The Labute approximate surface area is 129 Å². The first-order valence-corrected chi connectivity index (χ1v) is 7.59. The van der Waals surface area contributed by atoms with Crippen molar-refractivity contribution in [3.05, 3.63) is 47.0 Å². The van der Waals surface area contributed by atoms with Crippen molar-refractivity contribution in [2.75, 3.05) is 13.1 Å². The minimum Gasteiger partial charge on any atom is -0.345 e. The van der Waals surface area contributed by atoms with Gasteiger partial charge in [0.1, 0.15) is 5.82 Å². The van der Waals surface area contributed by atoms with E-state index in [1.165, 1.54) is 11.1 Å². The summed E-state index contributed by atoms with van der Waals surface area (Å²) in [6, 6.07) is 8.24. The summed E-state index contributed by atoms with van der Waals surface area (Å²) in [5.41, 5.74) is 2.71. The van der Waals surface area contributed by atoms with E-state index in [0.717, 1.165) is 25.3 Å². The molecule has 0 fully saturated rings. The second-order valence-corrected chi connectivity index (χ2v) is 5.80. The first kappa shape index (κ1) is 14.7. The number of aromatic amines is 1. The van der Waals surface area contributed by atoms with Crippen LogP contribution in [-0.4, -0.2) is 39.1 Å². The number of benzene rings is 1. The van der Waals surface area contributed by atoms with Crippen molar-refractivity contribution in [2.45, 2.75) is 32.9 Å². The van der Waals surface area contributed by atoms with E-state index in [9.17, 15) is 4.79 Å². The molecule has 3 rings (SSSR count). The maximum atomic E-state index is 12.2. The predicted octanol–water partition coefficient (Wildman–Crippen LogP) is 1.35. The second kappa shape index (κ2) is 6.27. The number of H-pyrrole nitrogens is 1. The van der Waals surface area contributed by atoms with Gasteiger partial charge in [0.25, 0.3) is 0 Å². The highest BCUT2D eigenvalue weighted by atomic mass is 16.2. The normalized spacial score (nSPS) is 16.1. The standard InChI is InChI=1S/C16H21N5O/c1-11(16-18-12(2)19-20-16)17-15(22)10-21-8-7-13-5-3-4-6-14(13)9-21/h3-6,11H,7-10H2,1-2H3,(H,17,22)(H,18,19,20)/t11-/m1/s1. The Morgan fingerprint density at radius 2 is 2.18 bits per heavy atom. The lowest BCUT2D eigenvalue weighted by molar-refractivity contribution is -0.123. The summed E-state index contributed by atoms with van der Waals surface area (Å²) in [4.78, 5) is 18.6. The lowest BCUT2D eigenvalue weighted by Crippen LogP contribution is -2.40. The van der Waals surface area contributed by atoms with E-state index in [-0.39, 0.29) is 11.9 Å². The van der Waals surface area contributed by atoms with Gasteiger partial charge in [-0.3, -0.25) is 14.8 Å². The van der Waals surface area contributed by atoms with Crippen LogP contribution in [0, 0.1) is 6.92 Å². The number of amides is 1. The van der Waals surface area contributed by atoms with Crippen molar-refractivity contribution in [3.63, 3.8) is 0 Å². The molecule has 0 spiro atoms. The van der Waals surface area contributed by atoms with Gasteiger partial charge in [-0.1, -0.05) is 24.3 Å². The van der Waals surface area contributed by atoms with Crippen molar-refractivity contribution < 1.29 is 4.79 Å². The molecule has 6 nitrogen and oxygen atoms in total. The van der Waals surface area contributed by atoms with Crippen molar-refractivity contribution in [1.29, 1.82) is 0 Å². The smallest absolute Gasteiger partial charge is 0.234 e. The molecule has 6 heteroatoms. The molecular formula is C16H21N5O. The van der Waals surface area contributed by atoms with Crippen LogP contribution < -0.4 is 5.32 Å². The largest absolute Gasteiger partial charge is 0.345 e. The van der Waals surface area contributed by atoms with Crippen LogP contribution in [0.2, 0.25) is 0 Å². The molecule has 1 aromatic heterocycles. The van der Waals surface area contributed by atoms with E-state index >= 15 is 0 Å². The van der Waals surface area contributed by atoms with Crippen molar-refractivity contribution in [3.8, 4) is 0 Å². The predicted molar refractivity (Wildman–Crippen MR) is 83.1 cm³/mol. The molecule has 22 heavy (non-hydrogen) atoms. The average molecular weight is 299 g/mol. The summed E-state index contributed by atoms with van der Waals surface area (Å²) in [5.74, 6) is 1.38. The number of hydrogen-bond acceptors (Lipinski definition) is 4. The molecule has 0 bridgehead atoms. The fourth-order valence-corrected chi connectivity index (χ4v) is 2.80. The van der Waals surface area contributed by atoms with Gasteiger partial charge in [-0.2, -0.15) is 5.10 Å². The van der Waals surface area contributed by atoms with Crippen LogP contribution in [0.15, 0.2) is 24.3 Å². The topological polar surface area (TPSA) is 73.9 Å². The maximum Gasteiger partial charge on any atom is 0.234 e. The van der Waals surface area contributed by atoms with E-state index in [0.29, 0.717) is 12.4 Å². The fourth-order valence-electron chi connectivity index (χ4n) is 2.80. The van der Waals surface area contributed by atoms with Gasteiger partial charge in [-0.15, -0.1) is 0 Å². The zero-order chi connectivity index (χ0) is 15.5. The highest BCUT2D eigenvalue weighted by molar-refractivity contribution is 5.78. The average Bonchev–Trinajstić information content (AvgIpc) is 2.94. The van der Waals surface area contributed by atoms with Crippen LogP contribution in [0.1, 0.15) is 35.7 Å². The molecule has 1 aromatic carbocycles. The summed E-state index contributed by atoms with van der Waals surface area (Å²) < 4.78 is 0. The fraction of sp³-hybridized carbons (Fsp3) is 0.438. The first-order valence-electron chi connectivity index (χ1n) is 7.59. The molecule has 0 radical (unpaired) electrons. The van der Waals surface area contributed by atoms with Crippen LogP contribution in [-0.2, 0) is 17.8 Å². The van der Waals surface area contributed by atoms with Gasteiger partial charge < -0.3 is 5.32 Å². The highest BCUT2D eigenvalue weighted by Crippen LogP contribution is 2.18. The maximum absolute atomic E-state index is 12.2. The van der Waals surface area contributed by atoms with E-state index in [2.05, 4.69) is 49.7 Å². The van der Waals surface area contributed by atoms with Gasteiger partial charge in [0, 0.05) is 13.1 Å². The van der Waals surface area contributed by atoms with Crippen LogP contribution in [0.3, 0.4) is 0 Å². The molecule has 1 aliphatic rings. The Hall–Kier alpha value is -2.21. The Bertz CT molecular complexity index is 666. The third-order valence-electron chi connectivity index (χ3n) is 3.96. The van der Waals surface area contributed by atoms with Crippen LogP contribution in [0.5, 0.6) is 0 Å². The molecular weight excluding hydrogens is 278 g/mol. The molecule has 116 valence electrons. The van der Waals surface area contributed by atoms with Crippen LogP contribution >= 0.6 is 0 Å². The molecule has 1 amide bonds. The number of nitrogens with zero attached hydrogens (tertiary/aromatic N) is 3. The minimum absolute atomic E-state index is 0.00864. The molecule has 1 atom stereocenters. The number of rotatable bonds is 4. The van der Waals surface area contributed by atoms with Gasteiger partial charge >= 0.3 is 0 Å². The third kappa shape index (κ3) is 3.33. The Morgan fingerprint density at radius 3 is 2.91 bits per heavy atom. The number of carbonyl (C=O) groups excluding carboxylic acids is 1. The quantitative estimate of drug-likeness (QED) is 0.893. The molecule has 2 heterocycles. The van der Waals surface area contributed by atoms with Gasteiger partial charge in [-0.25, -0.2) is 4.98 Å². The van der Waals surface area contributed by atoms with Crippen LogP contribution in [0.4, 0.5) is 0 Å². The molecule has 2 N–H and O–H groups in total. The number of carbonyl (C=O) groups is 1. The van der Waals surface area contributed by atoms with Gasteiger partial charge in [0.2, 0.25) is 5.91 Å². The van der Waals surface area contributed by atoms with E-state index in [1.54, 1.807) is 0 Å². The van der Waals surface area contributed by atoms with Gasteiger partial charge in [0.15, 0.2) is 5.82 Å². The third-order valence-corrected chi connectivity index (χ3v) is 3.96.